The lowest BCUT2D eigenvalue weighted by Crippen LogP contribution is -2.52. The van der Waals surface area contributed by atoms with E-state index in [4.69, 9.17) is 14.2 Å². The van der Waals surface area contributed by atoms with Crippen LogP contribution in [0.15, 0.2) is 90.0 Å². The van der Waals surface area contributed by atoms with Crippen molar-refractivity contribution >= 4 is 42.4 Å². The summed E-state index contributed by atoms with van der Waals surface area (Å²) in [6.45, 7) is 13.9. The first kappa shape index (κ1) is 41.9. The van der Waals surface area contributed by atoms with Crippen molar-refractivity contribution in [1.29, 1.82) is 0 Å². The lowest BCUT2D eigenvalue weighted by molar-refractivity contribution is -0.149. The highest BCUT2D eigenvalue weighted by Crippen LogP contribution is 2.60. The van der Waals surface area contributed by atoms with Crippen LogP contribution in [0.2, 0.25) is 18.6 Å². The van der Waals surface area contributed by atoms with Crippen molar-refractivity contribution in [3.8, 4) is 11.5 Å². The second kappa shape index (κ2) is 17.4. The SMILES string of the molecule is COc1ccc(C(=O)Nc2ccc3c(c2)[C@@]2(O[C@H](CC(=O)N4CCC[C@H]4CO)[C@@H]([Si](C)(C)c4ccc(OC)cc4)[C@@H]2C)C(=O)N3C/C=C(\C)CCC=C(C)C)cc1. The Bertz CT molecular complexity index is 2010. The first-order valence-electron chi connectivity index (χ1n) is 20.2. The van der Waals surface area contributed by atoms with Gasteiger partial charge < -0.3 is 34.4 Å². The van der Waals surface area contributed by atoms with Crippen LogP contribution in [0.5, 0.6) is 11.5 Å². The fourth-order valence-electron chi connectivity index (χ4n) is 9.30. The van der Waals surface area contributed by atoms with Crippen molar-refractivity contribution in [2.24, 2.45) is 5.92 Å². The lowest BCUT2D eigenvalue weighted by Gasteiger charge is -2.37. The average molecular weight is 794 g/mol. The standard InChI is InChI=1S/C46H59N3O7Si/c1-30(2)11-9-12-31(3)24-26-49-40-23-16-34(47-44(52)33-14-17-36(54-5)18-15-33)27-39(40)46(45(49)53)32(4)43(57(7,8)38-21-19-37(55-6)20-22-38)41(56-46)28-42(51)48-25-10-13-35(48)29-50/h11,14-24,27,32,35,41,43,50H,9-10,12-13,25-26,28-29H2,1-8H3,(H,47,52)/b31-24+/t32-,35-,41+,43-,46+/m0/s1. The molecule has 0 unspecified atom stereocenters. The molecule has 0 aromatic heterocycles. The maximum Gasteiger partial charge on any atom is 0.264 e. The number of aliphatic hydroxyl groups excluding tert-OH is 1. The smallest absolute Gasteiger partial charge is 0.264 e. The molecule has 57 heavy (non-hydrogen) atoms. The molecule has 3 aliphatic heterocycles. The van der Waals surface area contributed by atoms with Crippen molar-refractivity contribution in [1.82, 2.24) is 4.90 Å². The molecule has 3 amide bonds. The van der Waals surface area contributed by atoms with Gasteiger partial charge in [-0.15, -0.1) is 0 Å². The van der Waals surface area contributed by atoms with Crippen LogP contribution in [0.1, 0.15) is 75.7 Å². The van der Waals surface area contributed by atoms with Crippen LogP contribution in [0, 0.1) is 5.92 Å². The predicted octanol–water partition coefficient (Wildman–Crippen LogP) is 7.58. The highest BCUT2D eigenvalue weighted by Gasteiger charge is 2.66. The number of carbonyl (C=O) groups excluding carboxylic acids is 3. The van der Waals surface area contributed by atoms with E-state index in [1.165, 1.54) is 16.3 Å². The Kier molecular flexibility index (Phi) is 12.8. The molecule has 5 atom stereocenters. The zero-order valence-corrected chi connectivity index (χ0v) is 35.8. The highest BCUT2D eigenvalue weighted by atomic mass is 28.3. The molecule has 3 heterocycles. The van der Waals surface area contributed by atoms with Gasteiger partial charge in [0.15, 0.2) is 5.60 Å². The number of hydrogen-bond donors (Lipinski definition) is 2. The van der Waals surface area contributed by atoms with Gasteiger partial charge in [0, 0.05) is 35.8 Å². The monoisotopic (exact) mass is 793 g/mol. The molecule has 3 aromatic rings. The van der Waals surface area contributed by atoms with E-state index in [9.17, 15) is 14.7 Å². The van der Waals surface area contributed by atoms with E-state index in [2.05, 4.69) is 70.4 Å². The van der Waals surface area contributed by atoms with Crippen molar-refractivity contribution in [2.75, 3.05) is 44.1 Å². The molecule has 0 aliphatic carbocycles. The quantitative estimate of drug-likeness (QED) is 0.128. The predicted molar refractivity (Wildman–Crippen MR) is 228 cm³/mol. The van der Waals surface area contributed by atoms with Crippen LogP contribution in [0.4, 0.5) is 11.4 Å². The molecule has 6 rings (SSSR count). The molecule has 2 N–H and O–H groups in total. The molecule has 0 saturated carbocycles. The molecule has 0 bridgehead atoms. The molecule has 11 heteroatoms. The number of fused-ring (bicyclic) bond motifs is 2. The number of carbonyl (C=O) groups is 3. The Morgan fingerprint density at radius 3 is 2.28 bits per heavy atom. The third-order valence-electron chi connectivity index (χ3n) is 12.4. The number of amides is 3. The van der Waals surface area contributed by atoms with Crippen LogP contribution in [0.3, 0.4) is 0 Å². The average Bonchev–Trinajstić information content (AvgIpc) is 3.86. The van der Waals surface area contributed by atoms with E-state index in [1.54, 1.807) is 43.4 Å². The van der Waals surface area contributed by atoms with Crippen molar-refractivity contribution in [2.45, 2.75) is 96.2 Å². The number of nitrogens with one attached hydrogen (secondary N) is 1. The van der Waals surface area contributed by atoms with Crippen molar-refractivity contribution in [3.05, 3.63) is 101 Å². The minimum absolute atomic E-state index is 0.0664. The van der Waals surface area contributed by atoms with Crippen LogP contribution in [0.25, 0.3) is 0 Å². The molecule has 10 nitrogen and oxygen atoms in total. The largest absolute Gasteiger partial charge is 0.497 e. The first-order valence-corrected chi connectivity index (χ1v) is 23.3. The van der Waals surface area contributed by atoms with Gasteiger partial charge in [-0.1, -0.05) is 60.6 Å². The maximum absolute atomic E-state index is 15.3. The molecule has 3 aliphatic rings. The van der Waals surface area contributed by atoms with E-state index >= 15 is 4.79 Å². The van der Waals surface area contributed by atoms with E-state index in [1.807, 2.05) is 35.2 Å². The number of methoxy groups -OCH3 is 2. The number of likely N-dealkylation sites (tertiary alicyclic amines) is 1. The summed E-state index contributed by atoms with van der Waals surface area (Å²) in [6.07, 6.45) is 7.27. The molecule has 2 saturated heterocycles. The Hall–Kier alpha value is -4.71. The van der Waals surface area contributed by atoms with E-state index in [0.717, 1.165) is 37.1 Å². The van der Waals surface area contributed by atoms with E-state index in [-0.39, 0.29) is 48.3 Å². The molecule has 2 fully saturated rings. The Labute approximate surface area is 338 Å². The molecule has 3 aromatic carbocycles. The van der Waals surface area contributed by atoms with Gasteiger partial charge in [0.25, 0.3) is 11.8 Å². The highest BCUT2D eigenvalue weighted by molar-refractivity contribution is 6.91. The van der Waals surface area contributed by atoms with Gasteiger partial charge in [-0.2, -0.15) is 0 Å². The second-order valence-electron chi connectivity index (χ2n) is 16.6. The summed E-state index contributed by atoms with van der Waals surface area (Å²) in [5, 5.41) is 14.4. The Morgan fingerprint density at radius 1 is 0.982 bits per heavy atom. The molecule has 0 radical (unpaired) electrons. The minimum Gasteiger partial charge on any atom is -0.497 e. The number of hydrogen-bond acceptors (Lipinski definition) is 7. The summed E-state index contributed by atoms with van der Waals surface area (Å²) in [7, 11) is 0.703. The van der Waals surface area contributed by atoms with E-state index in [0.29, 0.717) is 35.7 Å². The summed E-state index contributed by atoms with van der Waals surface area (Å²) in [4.78, 5) is 46.7. The Morgan fingerprint density at radius 2 is 1.65 bits per heavy atom. The summed E-state index contributed by atoms with van der Waals surface area (Å²) >= 11 is 0. The van der Waals surface area contributed by atoms with Crippen molar-refractivity contribution < 1.29 is 33.7 Å². The van der Waals surface area contributed by atoms with Crippen LogP contribution in [-0.4, -0.2) is 81.9 Å². The number of benzene rings is 3. The minimum atomic E-state index is -2.53. The fraction of sp³-hybridized carbons (Fsp3) is 0.457. The van der Waals surface area contributed by atoms with Crippen LogP contribution >= 0.6 is 0 Å². The number of nitrogens with zero attached hydrogens (tertiary/aromatic N) is 2. The van der Waals surface area contributed by atoms with Gasteiger partial charge in [0.2, 0.25) is 5.91 Å². The number of aliphatic hydroxyl groups is 1. The fourth-order valence-corrected chi connectivity index (χ4v) is 13.3. The topological polar surface area (TPSA) is 118 Å². The van der Waals surface area contributed by atoms with Gasteiger partial charge in [0.05, 0.1) is 53.2 Å². The summed E-state index contributed by atoms with van der Waals surface area (Å²) in [6, 6.07) is 20.5. The second-order valence-corrected chi connectivity index (χ2v) is 21.3. The number of allylic oxidation sites excluding steroid dienone is 3. The Balaban J connectivity index is 1.43. The lowest BCUT2D eigenvalue weighted by atomic mass is 9.82. The summed E-state index contributed by atoms with van der Waals surface area (Å²) in [5.41, 5.74) is 3.33. The van der Waals surface area contributed by atoms with Gasteiger partial charge in [0.1, 0.15) is 11.5 Å². The molecule has 304 valence electrons. The van der Waals surface area contributed by atoms with Gasteiger partial charge in [-0.3, -0.25) is 14.4 Å². The zero-order valence-electron chi connectivity index (χ0n) is 34.8. The summed E-state index contributed by atoms with van der Waals surface area (Å²) in [5.74, 6) is 0.558. The normalized spacial score (nSPS) is 23.2. The molecular formula is C46H59N3O7Si. The van der Waals surface area contributed by atoms with Gasteiger partial charge in [-0.25, -0.2) is 0 Å². The van der Waals surface area contributed by atoms with Crippen LogP contribution < -0.4 is 24.9 Å². The number of anilines is 2. The number of rotatable bonds is 14. The summed E-state index contributed by atoms with van der Waals surface area (Å²) < 4.78 is 18.1. The first-order chi connectivity index (χ1) is 27.2. The zero-order chi connectivity index (χ0) is 41.1. The van der Waals surface area contributed by atoms with Crippen LogP contribution in [-0.2, 0) is 19.9 Å². The molecular weight excluding hydrogens is 735 g/mol. The van der Waals surface area contributed by atoms with Gasteiger partial charge in [-0.05, 0) is 107 Å². The molecule has 1 spiro atoms. The van der Waals surface area contributed by atoms with E-state index < -0.39 is 19.8 Å². The third-order valence-corrected chi connectivity index (χ3v) is 16.8. The van der Waals surface area contributed by atoms with Gasteiger partial charge >= 0.3 is 0 Å². The maximum atomic E-state index is 15.3. The van der Waals surface area contributed by atoms with Crippen molar-refractivity contribution in [3.63, 3.8) is 0 Å². The third kappa shape index (κ3) is 8.33. The number of ether oxygens (including phenoxy) is 3.